The second-order valence-electron chi connectivity index (χ2n) is 5.27. The van der Waals surface area contributed by atoms with Crippen molar-refractivity contribution in [3.05, 3.63) is 52.5 Å². The summed E-state index contributed by atoms with van der Waals surface area (Å²) in [7, 11) is -3.92. The maximum absolute atomic E-state index is 12.7. The minimum Gasteiger partial charge on any atom is -0.507 e. The third-order valence-corrected chi connectivity index (χ3v) is 7.37. The Balaban J connectivity index is 2.03. The summed E-state index contributed by atoms with van der Waals surface area (Å²) in [6.45, 7) is 1.69. The average Bonchev–Trinajstić information content (AvgIpc) is 2.86. The van der Waals surface area contributed by atoms with Gasteiger partial charge in [0, 0.05) is 6.07 Å². The monoisotopic (exact) mass is 397 g/mol. The summed E-state index contributed by atoms with van der Waals surface area (Å²) in [5, 5.41) is 19.8. The first-order chi connectivity index (χ1) is 11.7. The molecule has 0 fully saturated rings. The number of rotatable bonds is 4. The molecule has 0 radical (unpaired) electrons. The zero-order valence-corrected chi connectivity index (χ0v) is 15.2. The molecule has 0 saturated carbocycles. The lowest BCUT2D eigenvalue weighted by Crippen LogP contribution is -2.12. The van der Waals surface area contributed by atoms with Gasteiger partial charge in [0.05, 0.1) is 15.4 Å². The van der Waals surface area contributed by atoms with Crippen LogP contribution in [0.1, 0.15) is 15.9 Å². The van der Waals surface area contributed by atoms with Crippen molar-refractivity contribution in [2.45, 2.75) is 11.1 Å². The molecule has 25 heavy (non-hydrogen) atoms. The number of halogens is 1. The van der Waals surface area contributed by atoms with Crippen molar-refractivity contribution >= 4 is 54.7 Å². The van der Waals surface area contributed by atoms with Crippen molar-refractivity contribution in [2.75, 3.05) is 4.72 Å². The molecule has 1 aromatic heterocycles. The number of hydrogen-bond acceptors (Lipinski definition) is 5. The van der Waals surface area contributed by atoms with Gasteiger partial charge in [-0.1, -0.05) is 23.7 Å². The summed E-state index contributed by atoms with van der Waals surface area (Å²) in [6, 6.07) is 8.68. The van der Waals surface area contributed by atoms with Crippen LogP contribution in [0.2, 0.25) is 5.02 Å². The van der Waals surface area contributed by atoms with Gasteiger partial charge in [0.2, 0.25) is 0 Å². The lowest BCUT2D eigenvalue weighted by Gasteiger charge is -2.08. The Morgan fingerprint density at radius 2 is 1.96 bits per heavy atom. The van der Waals surface area contributed by atoms with Gasteiger partial charge in [-0.25, -0.2) is 13.2 Å². The first-order valence-electron chi connectivity index (χ1n) is 6.97. The number of hydrogen-bond donors (Lipinski definition) is 3. The Morgan fingerprint density at radius 1 is 1.24 bits per heavy atom. The van der Waals surface area contributed by atoms with Crippen molar-refractivity contribution in [1.82, 2.24) is 0 Å². The molecular formula is C16H12ClNO5S2. The standard InChI is InChI=1S/C16H12ClNO5S2/c1-8-10-3-2-4-12(17)14(10)24-16(8)25(22,23)18-9-5-6-11(15(20)21)13(19)7-9/h2-7,18-19H,1H3,(H,20,21). The molecule has 9 heteroatoms. The number of anilines is 1. The highest BCUT2D eigenvalue weighted by Crippen LogP contribution is 2.38. The lowest BCUT2D eigenvalue weighted by molar-refractivity contribution is 0.0694. The summed E-state index contributed by atoms with van der Waals surface area (Å²) < 4.78 is 28.5. The number of carbonyl (C=O) groups is 1. The predicted molar refractivity (Wildman–Crippen MR) is 97.4 cm³/mol. The Hall–Kier alpha value is -2.29. The van der Waals surface area contributed by atoms with E-state index in [9.17, 15) is 18.3 Å². The smallest absolute Gasteiger partial charge is 0.339 e. The van der Waals surface area contributed by atoms with Crippen LogP contribution < -0.4 is 4.72 Å². The molecule has 0 bridgehead atoms. The number of phenols is 1. The maximum Gasteiger partial charge on any atom is 0.339 e. The normalized spacial score (nSPS) is 11.6. The quantitative estimate of drug-likeness (QED) is 0.615. The van der Waals surface area contributed by atoms with Gasteiger partial charge in [0.1, 0.15) is 15.5 Å². The number of carboxylic acids is 1. The third kappa shape index (κ3) is 3.15. The number of carboxylic acid groups (broad SMARTS) is 1. The average molecular weight is 398 g/mol. The second-order valence-corrected chi connectivity index (χ2v) is 8.58. The van der Waals surface area contributed by atoms with Gasteiger partial charge >= 0.3 is 5.97 Å². The highest BCUT2D eigenvalue weighted by atomic mass is 35.5. The van der Waals surface area contributed by atoms with E-state index in [1.807, 2.05) is 0 Å². The van der Waals surface area contributed by atoms with Crippen molar-refractivity contribution in [3.63, 3.8) is 0 Å². The number of nitrogens with one attached hydrogen (secondary N) is 1. The summed E-state index contributed by atoms with van der Waals surface area (Å²) in [5.41, 5.74) is 0.319. The molecule has 6 nitrogen and oxygen atoms in total. The fourth-order valence-corrected chi connectivity index (χ4v) is 5.51. The molecule has 0 amide bonds. The first kappa shape index (κ1) is 17.5. The van der Waals surface area contributed by atoms with E-state index >= 15 is 0 Å². The highest BCUT2D eigenvalue weighted by Gasteiger charge is 2.23. The molecule has 3 rings (SSSR count). The second kappa shape index (κ2) is 6.21. The number of aromatic hydroxyl groups is 1. The molecule has 0 unspecified atom stereocenters. The molecular weight excluding hydrogens is 386 g/mol. The van der Waals surface area contributed by atoms with Crippen LogP contribution in [0.3, 0.4) is 0 Å². The zero-order valence-electron chi connectivity index (χ0n) is 12.8. The van der Waals surface area contributed by atoms with Gasteiger partial charge in [-0.15, -0.1) is 11.3 Å². The van der Waals surface area contributed by atoms with E-state index < -0.39 is 21.7 Å². The molecule has 0 spiro atoms. The minimum atomic E-state index is -3.92. The zero-order chi connectivity index (χ0) is 18.4. The molecule has 0 aliphatic heterocycles. The minimum absolute atomic E-state index is 0.0606. The van der Waals surface area contributed by atoms with Crippen LogP contribution in [0, 0.1) is 6.92 Å². The van der Waals surface area contributed by atoms with Crippen molar-refractivity contribution in [1.29, 1.82) is 0 Å². The third-order valence-electron chi connectivity index (χ3n) is 3.60. The number of benzene rings is 2. The van der Waals surface area contributed by atoms with Gasteiger partial charge in [-0.3, -0.25) is 4.72 Å². The number of thiophene rings is 1. The van der Waals surface area contributed by atoms with Crippen molar-refractivity contribution in [2.24, 2.45) is 0 Å². The summed E-state index contributed by atoms with van der Waals surface area (Å²) in [5.74, 6) is -1.83. The summed E-state index contributed by atoms with van der Waals surface area (Å²) in [6.07, 6.45) is 0. The maximum atomic E-state index is 12.7. The number of fused-ring (bicyclic) bond motifs is 1. The Bertz CT molecular complexity index is 1110. The van der Waals surface area contributed by atoms with Gasteiger partial charge in [0.25, 0.3) is 10.0 Å². The van der Waals surface area contributed by atoms with Crippen LogP contribution in [0.4, 0.5) is 5.69 Å². The van der Waals surface area contributed by atoms with E-state index in [0.717, 1.165) is 28.9 Å². The Morgan fingerprint density at radius 3 is 2.56 bits per heavy atom. The number of aromatic carboxylic acids is 1. The Labute approximate surface area is 152 Å². The van der Waals surface area contributed by atoms with Gasteiger partial charge in [-0.2, -0.15) is 0 Å². The predicted octanol–water partition coefficient (Wildman–Crippen LogP) is 4.07. The molecule has 130 valence electrons. The molecule has 0 aliphatic carbocycles. The van der Waals surface area contributed by atoms with E-state index in [1.54, 1.807) is 25.1 Å². The Kier molecular flexibility index (Phi) is 4.36. The molecule has 3 aromatic rings. The van der Waals surface area contributed by atoms with Crippen LogP contribution in [0.15, 0.2) is 40.6 Å². The van der Waals surface area contributed by atoms with E-state index in [-0.39, 0.29) is 15.5 Å². The van der Waals surface area contributed by atoms with E-state index in [4.69, 9.17) is 16.7 Å². The van der Waals surface area contributed by atoms with E-state index in [0.29, 0.717) is 15.3 Å². The van der Waals surface area contributed by atoms with E-state index in [2.05, 4.69) is 4.72 Å². The summed E-state index contributed by atoms with van der Waals surface area (Å²) in [4.78, 5) is 10.9. The van der Waals surface area contributed by atoms with Crippen LogP contribution in [-0.4, -0.2) is 24.6 Å². The van der Waals surface area contributed by atoms with Crippen molar-refractivity contribution < 1.29 is 23.4 Å². The van der Waals surface area contributed by atoms with Gasteiger partial charge < -0.3 is 10.2 Å². The van der Waals surface area contributed by atoms with Gasteiger partial charge in [-0.05, 0) is 36.1 Å². The van der Waals surface area contributed by atoms with E-state index in [1.165, 1.54) is 6.07 Å². The molecule has 1 heterocycles. The SMILES string of the molecule is Cc1c(S(=O)(=O)Nc2ccc(C(=O)O)c(O)c2)sc2c(Cl)cccc12. The van der Waals surface area contributed by atoms with Crippen LogP contribution in [0.25, 0.3) is 10.1 Å². The molecule has 3 N–H and O–H groups in total. The highest BCUT2D eigenvalue weighted by molar-refractivity contribution is 7.94. The fourth-order valence-electron chi connectivity index (χ4n) is 2.42. The van der Waals surface area contributed by atoms with Gasteiger partial charge in [0.15, 0.2) is 0 Å². The molecule has 0 atom stereocenters. The first-order valence-corrected chi connectivity index (χ1v) is 9.65. The van der Waals surface area contributed by atoms with Crippen molar-refractivity contribution in [3.8, 4) is 5.75 Å². The summed E-state index contributed by atoms with van der Waals surface area (Å²) >= 11 is 7.18. The fraction of sp³-hybridized carbons (Fsp3) is 0.0625. The molecule has 0 aliphatic rings. The van der Waals surface area contributed by atoms with Crippen LogP contribution in [0.5, 0.6) is 5.75 Å². The lowest BCUT2D eigenvalue weighted by atomic mass is 10.2. The van der Waals surface area contributed by atoms with Crippen LogP contribution in [-0.2, 0) is 10.0 Å². The number of sulfonamides is 1. The largest absolute Gasteiger partial charge is 0.507 e. The topological polar surface area (TPSA) is 104 Å². The van der Waals surface area contributed by atoms with Crippen LogP contribution >= 0.6 is 22.9 Å². The number of aryl methyl sites for hydroxylation is 1. The molecule has 0 saturated heterocycles. The molecule has 2 aromatic carbocycles.